The van der Waals surface area contributed by atoms with Crippen molar-refractivity contribution in [2.45, 2.75) is 45.6 Å². The number of fused-ring (bicyclic) bond motifs is 1. The van der Waals surface area contributed by atoms with Crippen molar-refractivity contribution < 1.29 is 26.7 Å². The van der Waals surface area contributed by atoms with Crippen LogP contribution < -0.4 is 4.74 Å². The monoisotopic (exact) mass is 394 g/mol. The van der Waals surface area contributed by atoms with Crippen molar-refractivity contribution in [3.63, 3.8) is 0 Å². The van der Waals surface area contributed by atoms with E-state index in [1.54, 1.807) is 6.07 Å². The van der Waals surface area contributed by atoms with Crippen molar-refractivity contribution in [3.05, 3.63) is 64.0 Å². The van der Waals surface area contributed by atoms with Gasteiger partial charge in [-0.25, -0.2) is 13.2 Å². The largest absolute Gasteiger partial charge is 0.429 e. The minimum absolute atomic E-state index is 0.100. The molecule has 0 aliphatic heterocycles. The average molecular weight is 394 g/mol. The molecule has 0 saturated heterocycles. The molecule has 0 saturated carbocycles. The molecule has 2 aromatic carbocycles. The Bertz CT molecular complexity index is 903. The maximum absolute atomic E-state index is 14.8. The van der Waals surface area contributed by atoms with E-state index in [-0.39, 0.29) is 11.1 Å². The molecule has 0 fully saturated rings. The van der Waals surface area contributed by atoms with Crippen LogP contribution in [-0.4, -0.2) is 6.61 Å². The van der Waals surface area contributed by atoms with Gasteiger partial charge in [-0.2, -0.15) is 8.78 Å². The number of hydrogen-bond acceptors (Lipinski definition) is 1. The normalized spacial score (nSPS) is 15.8. The Morgan fingerprint density at radius 2 is 1.82 bits per heavy atom. The molecule has 1 nitrogen and oxygen atoms in total. The third kappa shape index (κ3) is 4.46. The molecule has 0 amide bonds. The zero-order valence-electron chi connectivity index (χ0n) is 15.3. The molecule has 28 heavy (non-hydrogen) atoms. The SMILES string of the molecule is CCCC1CCc2c(ccc(C#Cc3cc(F)c(OC(F)F)c(F)c3)c2F)C1. The first-order valence-corrected chi connectivity index (χ1v) is 9.15. The maximum Gasteiger partial charge on any atom is 0.387 e. The van der Waals surface area contributed by atoms with Crippen molar-refractivity contribution in [2.75, 3.05) is 0 Å². The van der Waals surface area contributed by atoms with Gasteiger partial charge >= 0.3 is 6.61 Å². The second-order valence-corrected chi connectivity index (χ2v) is 6.86. The van der Waals surface area contributed by atoms with Crippen LogP contribution in [0.3, 0.4) is 0 Å². The fourth-order valence-corrected chi connectivity index (χ4v) is 3.61. The zero-order valence-corrected chi connectivity index (χ0v) is 15.3. The lowest BCUT2D eigenvalue weighted by Crippen LogP contribution is -2.16. The molecule has 0 radical (unpaired) electrons. The van der Waals surface area contributed by atoms with Crippen LogP contribution in [-0.2, 0) is 12.8 Å². The highest BCUT2D eigenvalue weighted by Gasteiger charge is 2.22. The van der Waals surface area contributed by atoms with E-state index in [1.807, 2.05) is 6.07 Å². The van der Waals surface area contributed by atoms with Crippen LogP contribution in [0.1, 0.15) is 48.4 Å². The lowest BCUT2D eigenvalue weighted by molar-refractivity contribution is -0.0546. The number of alkyl halides is 2. The second kappa shape index (κ2) is 8.64. The van der Waals surface area contributed by atoms with E-state index in [9.17, 15) is 22.0 Å². The summed E-state index contributed by atoms with van der Waals surface area (Å²) in [5.74, 6) is 1.48. The second-order valence-electron chi connectivity index (χ2n) is 6.86. The van der Waals surface area contributed by atoms with E-state index < -0.39 is 29.8 Å². The van der Waals surface area contributed by atoms with Crippen molar-refractivity contribution in [2.24, 2.45) is 5.92 Å². The van der Waals surface area contributed by atoms with Gasteiger partial charge in [-0.15, -0.1) is 0 Å². The first-order valence-electron chi connectivity index (χ1n) is 9.15. The van der Waals surface area contributed by atoms with Crippen LogP contribution in [0.15, 0.2) is 24.3 Å². The van der Waals surface area contributed by atoms with Crippen molar-refractivity contribution >= 4 is 0 Å². The lowest BCUT2D eigenvalue weighted by Gasteiger charge is -2.25. The van der Waals surface area contributed by atoms with E-state index >= 15 is 0 Å². The van der Waals surface area contributed by atoms with Crippen molar-refractivity contribution in [3.8, 4) is 17.6 Å². The van der Waals surface area contributed by atoms with Gasteiger partial charge in [0.2, 0.25) is 0 Å². The molecule has 1 aliphatic rings. The van der Waals surface area contributed by atoms with Crippen LogP contribution in [0.2, 0.25) is 0 Å². The molecule has 0 heterocycles. The maximum atomic E-state index is 14.8. The molecule has 148 valence electrons. The van der Waals surface area contributed by atoms with Crippen molar-refractivity contribution in [1.29, 1.82) is 0 Å². The van der Waals surface area contributed by atoms with Gasteiger partial charge in [-0.1, -0.05) is 37.7 Å². The molecule has 1 atom stereocenters. The number of rotatable bonds is 4. The Kier molecular flexibility index (Phi) is 6.23. The van der Waals surface area contributed by atoms with Gasteiger partial charge in [0.05, 0.1) is 5.56 Å². The van der Waals surface area contributed by atoms with E-state index in [0.29, 0.717) is 17.9 Å². The van der Waals surface area contributed by atoms with Crippen LogP contribution in [0.5, 0.6) is 5.75 Å². The van der Waals surface area contributed by atoms with E-state index in [4.69, 9.17) is 0 Å². The average Bonchev–Trinajstić information content (AvgIpc) is 2.64. The lowest BCUT2D eigenvalue weighted by atomic mass is 9.81. The summed E-state index contributed by atoms with van der Waals surface area (Å²) in [5, 5.41) is 0. The van der Waals surface area contributed by atoms with Crippen LogP contribution in [0.25, 0.3) is 0 Å². The highest BCUT2D eigenvalue weighted by Crippen LogP contribution is 2.31. The molecule has 0 N–H and O–H groups in total. The predicted octanol–water partition coefficient (Wildman–Crippen LogP) is 6.01. The standard InChI is InChI=1S/C22H19F5O/c1-2-3-13-5-9-17-16(10-13)8-7-15(20(17)25)6-4-14-11-18(23)21(19(24)12-14)28-22(26)27/h7-8,11-13,22H,2-3,5,9-10H2,1H3. The summed E-state index contributed by atoms with van der Waals surface area (Å²) in [6, 6.07) is 4.97. The van der Waals surface area contributed by atoms with E-state index in [2.05, 4.69) is 23.5 Å². The third-order valence-electron chi connectivity index (χ3n) is 4.90. The highest BCUT2D eigenvalue weighted by atomic mass is 19.3. The topological polar surface area (TPSA) is 9.23 Å². The Balaban J connectivity index is 1.85. The Morgan fingerprint density at radius 1 is 1.11 bits per heavy atom. The number of benzene rings is 2. The smallest absolute Gasteiger partial charge is 0.387 e. The summed E-state index contributed by atoms with van der Waals surface area (Å²) in [6.07, 6.45) is 4.63. The first-order chi connectivity index (χ1) is 13.4. The van der Waals surface area contributed by atoms with Crippen molar-refractivity contribution in [1.82, 2.24) is 0 Å². The van der Waals surface area contributed by atoms with E-state index in [1.165, 1.54) is 0 Å². The minimum atomic E-state index is -3.34. The van der Waals surface area contributed by atoms with Crippen LogP contribution in [0.4, 0.5) is 22.0 Å². The fraction of sp³-hybridized carbons (Fsp3) is 0.364. The summed E-state index contributed by atoms with van der Waals surface area (Å²) in [4.78, 5) is 0. The van der Waals surface area contributed by atoms with Gasteiger partial charge in [0.15, 0.2) is 17.4 Å². The first kappa shape index (κ1) is 20.2. The Labute approximate surface area is 160 Å². The molecule has 0 aromatic heterocycles. The summed E-state index contributed by atoms with van der Waals surface area (Å²) < 4.78 is 70.5. The molecular formula is C22H19F5O. The van der Waals surface area contributed by atoms with Gasteiger partial charge < -0.3 is 4.74 Å². The van der Waals surface area contributed by atoms with E-state index in [0.717, 1.165) is 43.4 Å². The molecule has 1 aliphatic carbocycles. The fourth-order valence-electron chi connectivity index (χ4n) is 3.61. The van der Waals surface area contributed by atoms with Gasteiger partial charge in [0.25, 0.3) is 0 Å². The van der Waals surface area contributed by atoms with Gasteiger partial charge in [-0.3, -0.25) is 0 Å². The molecule has 6 heteroatoms. The van der Waals surface area contributed by atoms with Gasteiger partial charge in [0.1, 0.15) is 5.82 Å². The molecule has 3 rings (SSSR count). The number of hydrogen-bond donors (Lipinski definition) is 0. The number of ether oxygens (including phenoxy) is 1. The molecule has 0 spiro atoms. The minimum Gasteiger partial charge on any atom is -0.429 e. The Morgan fingerprint density at radius 3 is 2.46 bits per heavy atom. The molecule has 1 unspecified atom stereocenters. The molecular weight excluding hydrogens is 375 g/mol. The summed E-state index contributed by atoms with van der Waals surface area (Å²) >= 11 is 0. The van der Waals surface area contributed by atoms with Gasteiger partial charge in [0, 0.05) is 5.56 Å². The summed E-state index contributed by atoms with van der Waals surface area (Å²) in [5.41, 5.74) is 1.67. The highest BCUT2D eigenvalue weighted by molar-refractivity contribution is 5.48. The molecule has 0 bridgehead atoms. The predicted molar refractivity (Wildman–Crippen MR) is 95.8 cm³/mol. The number of halogens is 5. The molecule has 2 aromatic rings. The van der Waals surface area contributed by atoms with Gasteiger partial charge in [-0.05, 0) is 54.5 Å². The third-order valence-corrected chi connectivity index (χ3v) is 4.90. The zero-order chi connectivity index (χ0) is 20.3. The quantitative estimate of drug-likeness (QED) is 0.456. The van der Waals surface area contributed by atoms with Crippen LogP contribution >= 0.6 is 0 Å². The summed E-state index contributed by atoms with van der Waals surface area (Å²) in [6.45, 7) is -1.21. The Hall–Kier alpha value is -2.55. The summed E-state index contributed by atoms with van der Waals surface area (Å²) in [7, 11) is 0. The van der Waals surface area contributed by atoms with Crippen LogP contribution in [0, 0.1) is 35.2 Å².